The standard InChI is InChI=1S/C24H19ClN2O5/c1-31-17-9-10-18(19(12-17)32-2)21-20(22(28)14-5-7-15(25)8-6-14)23(29)24(30)27(21)16-4-3-11-26-13-16/h3-13,21,28H,1-2H3/b22-20-. The van der Waals surface area contributed by atoms with E-state index >= 15 is 0 Å². The summed E-state index contributed by atoms with van der Waals surface area (Å²) in [6.07, 6.45) is 3.05. The lowest BCUT2D eigenvalue weighted by molar-refractivity contribution is -0.132. The third-order valence-corrected chi connectivity index (χ3v) is 5.47. The molecule has 1 fully saturated rings. The second-order valence-corrected chi connectivity index (χ2v) is 7.43. The number of carbonyl (C=O) groups excluding carboxylic acids is 2. The van der Waals surface area contributed by atoms with Gasteiger partial charge in [-0.05, 0) is 48.5 Å². The molecule has 1 amide bonds. The first-order valence-corrected chi connectivity index (χ1v) is 10.0. The number of ether oxygens (including phenoxy) is 2. The number of hydrogen-bond acceptors (Lipinski definition) is 6. The summed E-state index contributed by atoms with van der Waals surface area (Å²) in [4.78, 5) is 31.7. The van der Waals surface area contributed by atoms with Gasteiger partial charge in [0.1, 0.15) is 17.3 Å². The van der Waals surface area contributed by atoms with Crippen molar-refractivity contribution in [3.63, 3.8) is 0 Å². The fraction of sp³-hybridized carbons (Fsp3) is 0.125. The minimum absolute atomic E-state index is 0.0651. The topological polar surface area (TPSA) is 89.0 Å². The smallest absolute Gasteiger partial charge is 0.300 e. The molecular formula is C24H19ClN2O5. The summed E-state index contributed by atoms with van der Waals surface area (Å²) in [5.74, 6) is -0.969. The van der Waals surface area contributed by atoms with E-state index in [4.69, 9.17) is 21.1 Å². The number of hydrogen-bond donors (Lipinski definition) is 1. The molecular weight excluding hydrogens is 432 g/mol. The van der Waals surface area contributed by atoms with Gasteiger partial charge in [0.2, 0.25) is 0 Å². The number of carbonyl (C=O) groups is 2. The summed E-state index contributed by atoms with van der Waals surface area (Å²) >= 11 is 5.96. The zero-order valence-electron chi connectivity index (χ0n) is 17.3. The van der Waals surface area contributed by atoms with E-state index in [0.29, 0.717) is 33.3 Å². The molecule has 8 heteroatoms. The number of anilines is 1. The van der Waals surface area contributed by atoms with Crippen LogP contribution in [0.15, 0.2) is 72.6 Å². The molecule has 2 heterocycles. The van der Waals surface area contributed by atoms with Gasteiger partial charge in [-0.3, -0.25) is 19.5 Å². The zero-order valence-corrected chi connectivity index (χ0v) is 18.0. The first-order chi connectivity index (χ1) is 15.5. The van der Waals surface area contributed by atoms with Gasteiger partial charge < -0.3 is 14.6 Å². The van der Waals surface area contributed by atoms with Crippen molar-refractivity contribution in [2.75, 3.05) is 19.1 Å². The Morgan fingerprint density at radius 2 is 1.81 bits per heavy atom. The number of rotatable bonds is 5. The number of nitrogens with zero attached hydrogens (tertiary/aromatic N) is 2. The number of Topliss-reactive ketones (excluding diaryl/α,β-unsaturated/α-hetero) is 1. The second kappa shape index (κ2) is 8.72. The van der Waals surface area contributed by atoms with Gasteiger partial charge in [0.05, 0.1) is 37.7 Å². The molecule has 1 aliphatic heterocycles. The SMILES string of the molecule is COc1ccc(C2/C(=C(/O)c3ccc(Cl)cc3)C(=O)C(=O)N2c2cccnc2)c(OC)c1. The van der Waals surface area contributed by atoms with Crippen LogP contribution in [0.2, 0.25) is 5.02 Å². The van der Waals surface area contributed by atoms with Crippen molar-refractivity contribution < 1.29 is 24.2 Å². The lowest BCUT2D eigenvalue weighted by Gasteiger charge is -2.26. The summed E-state index contributed by atoms with van der Waals surface area (Å²) in [6.45, 7) is 0. The van der Waals surface area contributed by atoms with E-state index in [0.717, 1.165) is 0 Å². The van der Waals surface area contributed by atoms with Crippen LogP contribution in [0, 0.1) is 0 Å². The van der Waals surface area contributed by atoms with Crippen LogP contribution >= 0.6 is 11.6 Å². The van der Waals surface area contributed by atoms with Gasteiger partial charge in [0.15, 0.2) is 0 Å². The second-order valence-electron chi connectivity index (χ2n) is 7.00. The van der Waals surface area contributed by atoms with E-state index in [9.17, 15) is 14.7 Å². The number of ketones is 1. The zero-order chi connectivity index (χ0) is 22.8. The Bertz CT molecular complexity index is 1210. The van der Waals surface area contributed by atoms with E-state index < -0.39 is 17.7 Å². The van der Waals surface area contributed by atoms with Crippen LogP contribution in [-0.4, -0.2) is 36.0 Å². The van der Waals surface area contributed by atoms with Crippen molar-refractivity contribution in [3.05, 3.63) is 88.7 Å². The maximum absolute atomic E-state index is 13.2. The molecule has 1 aliphatic rings. The van der Waals surface area contributed by atoms with E-state index in [1.807, 2.05) is 0 Å². The van der Waals surface area contributed by atoms with Gasteiger partial charge in [-0.1, -0.05) is 11.6 Å². The first kappa shape index (κ1) is 21.4. The van der Waals surface area contributed by atoms with E-state index in [1.165, 1.54) is 25.3 Å². The van der Waals surface area contributed by atoms with Crippen LogP contribution in [0.25, 0.3) is 5.76 Å². The number of aliphatic hydroxyl groups excluding tert-OH is 1. The molecule has 0 spiro atoms. The number of methoxy groups -OCH3 is 2. The van der Waals surface area contributed by atoms with Gasteiger partial charge >= 0.3 is 0 Å². The van der Waals surface area contributed by atoms with Gasteiger partial charge in [-0.25, -0.2) is 0 Å². The van der Waals surface area contributed by atoms with E-state index in [1.54, 1.807) is 60.8 Å². The van der Waals surface area contributed by atoms with Crippen LogP contribution in [0.3, 0.4) is 0 Å². The van der Waals surface area contributed by atoms with E-state index in [2.05, 4.69) is 4.98 Å². The lowest BCUT2D eigenvalue weighted by Crippen LogP contribution is -2.29. The molecule has 0 aliphatic carbocycles. The predicted octanol–water partition coefficient (Wildman–Crippen LogP) is 4.38. The summed E-state index contributed by atoms with van der Waals surface area (Å²) in [5.41, 5.74) is 1.21. The van der Waals surface area contributed by atoms with Gasteiger partial charge in [0.25, 0.3) is 11.7 Å². The van der Waals surface area contributed by atoms with Crippen molar-refractivity contribution in [2.24, 2.45) is 0 Å². The van der Waals surface area contributed by atoms with Crippen molar-refractivity contribution in [2.45, 2.75) is 6.04 Å². The Morgan fingerprint density at radius 1 is 1.06 bits per heavy atom. The van der Waals surface area contributed by atoms with Crippen molar-refractivity contribution >= 4 is 34.7 Å². The third kappa shape index (κ3) is 3.67. The number of pyridine rings is 1. The molecule has 0 saturated carbocycles. The molecule has 1 saturated heterocycles. The Labute approximate surface area is 189 Å². The fourth-order valence-electron chi connectivity index (χ4n) is 3.70. The average molecular weight is 451 g/mol. The molecule has 1 aromatic heterocycles. The summed E-state index contributed by atoms with van der Waals surface area (Å²) in [6, 6.07) is 13.8. The lowest BCUT2D eigenvalue weighted by atomic mass is 9.94. The number of amides is 1. The van der Waals surface area contributed by atoms with Crippen molar-refractivity contribution in [3.8, 4) is 11.5 Å². The molecule has 1 N–H and O–H groups in total. The molecule has 1 atom stereocenters. The molecule has 4 rings (SSSR count). The monoisotopic (exact) mass is 450 g/mol. The minimum atomic E-state index is -0.948. The Balaban J connectivity index is 1.98. The normalized spacial score (nSPS) is 17.5. The molecule has 1 unspecified atom stereocenters. The fourth-order valence-corrected chi connectivity index (χ4v) is 3.82. The van der Waals surface area contributed by atoms with Crippen molar-refractivity contribution in [1.29, 1.82) is 0 Å². The van der Waals surface area contributed by atoms with Crippen LogP contribution in [0.4, 0.5) is 5.69 Å². The molecule has 7 nitrogen and oxygen atoms in total. The highest BCUT2D eigenvalue weighted by Crippen LogP contribution is 2.45. The number of halogens is 1. The van der Waals surface area contributed by atoms with Crippen LogP contribution in [-0.2, 0) is 9.59 Å². The Morgan fingerprint density at radius 3 is 2.44 bits per heavy atom. The summed E-state index contributed by atoms with van der Waals surface area (Å²) < 4.78 is 10.8. The van der Waals surface area contributed by atoms with Crippen LogP contribution in [0.5, 0.6) is 11.5 Å². The van der Waals surface area contributed by atoms with E-state index in [-0.39, 0.29) is 11.3 Å². The predicted molar refractivity (Wildman–Crippen MR) is 120 cm³/mol. The maximum Gasteiger partial charge on any atom is 0.300 e. The molecule has 3 aromatic rings. The van der Waals surface area contributed by atoms with Gasteiger partial charge in [0, 0.05) is 28.4 Å². The highest BCUT2D eigenvalue weighted by molar-refractivity contribution is 6.51. The van der Waals surface area contributed by atoms with Crippen molar-refractivity contribution in [1.82, 2.24) is 4.98 Å². The molecule has 0 bridgehead atoms. The quantitative estimate of drug-likeness (QED) is 0.352. The first-order valence-electron chi connectivity index (χ1n) is 9.65. The third-order valence-electron chi connectivity index (χ3n) is 5.22. The Kier molecular flexibility index (Phi) is 5.83. The largest absolute Gasteiger partial charge is 0.507 e. The molecule has 2 aromatic carbocycles. The number of benzene rings is 2. The maximum atomic E-state index is 13.2. The molecule has 32 heavy (non-hydrogen) atoms. The number of aromatic nitrogens is 1. The molecule has 0 radical (unpaired) electrons. The minimum Gasteiger partial charge on any atom is -0.507 e. The molecule has 162 valence electrons. The van der Waals surface area contributed by atoms with Gasteiger partial charge in [-0.15, -0.1) is 0 Å². The highest BCUT2D eigenvalue weighted by Gasteiger charge is 2.48. The highest BCUT2D eigenvalue weighted by atomic mass is 35.5. The Hall–Kier alpha value is -3.84. The summed E-state index contributed by atoms with van der Waals surface area (Å²) in [7, 11) is 3.00. The summed E-state index contributed by atoms with van der Waals surface area (Å²) in [5, 5.41) is 11.6. The number of aliphatic hydroxyl groups is 1. The van der Waals surface area contributed by atoms with Crippen LogP contribution in [0.1, 0.15) is 17.2 Å². The van der Waals surface area contributed by atoms with Crippen LogP contribution < -0.4 is 14.4 Å². The average Bonchev–Trinajstić information content (AvgIpc) is 3.09. The van der Waals surface area contributed by atoms with Gasteiger partial charge in [-0.2, -0.15) is 0 Å².